The van der Waals surface area contributed by atoms with Crippen LogP contribution in [0.4, 0.5) is 13.6 Å². The van der Waals surface area contributed by atoms with E-state index < -0.39 is 36.5 Å². The molecular formula is C23H24F2N2O5. The fraction of sp³-hybridized carbons (Fsp3) is 0.348. The Morgan fingerprint density at radius 1 is 1.06 bits per heavy atom. The Morgan fingerprint density at radius 2 is 1.62 bits per heavy atom. The molecule has 0 saturated heterocycles. The predicted octanol–water partition coefficient (Wildman–Crippen LogP) is 3.53. The molecule has 7 nitrogen and oxygen atoms in total. The van der Waals surface area contributed by atoms with E-state index in [2.05, 4.69) is 0 Å². The Balaban J connectivity index is 1.56. The molecule has 0 fully saturated rings. The van der Waals surface area contributed by atoms with Crippen molar-refractivity contribution >= 4 is 18.0 Å². The number of carbonyl (C=O) groups excluding carboxylic acids is 2. The van der Waals surface area contributed by atoms with Crippen molar-refractivity contribution in [2.45, 2.75) is 37.6 Å². The second kappa shape index (κ2) is 9.76. The number of amides is 2. The van der Waals surface area contributed by atoms with Gasteiger partial charge in [-0.2, -0.15) is 8.78 Å². The second-order valence-electron chi connectivity index (χ2n) is 7.54. The largest absolute Gasteiger partial charge is 0.480 e. The second-order valence-corrected chi connectivity index (χ2v) is 7.54. The van der Waals surface area contributed by atoms with Gasteiger partial charge in [0.05, 0.1) is 6.54 Å². The number of halogens is 2. The molecule has 0 aromatic heterocycles. The van der Waals surface area contributed by atoms with E-state index >= 15 is 0 Å². The number of alkyl carbamates (subject to hydrolysis) is 1. The molecule has 2 amide bonds. The van der Waals surface area contributed by atoms with E-state index in [1.54, 1.807) is 12.2 Å². The zero-order chi connectivity index (χ0) is 23.3. The quantitative estimate of drug-likeness (QED) is 0.547. The van der Waals surface area contributed by atoms with Gasteiger partial charge in [0.25, 0.3) is 5.91 Å². The van der Waals surface area contributed by atoms with Gasteiger partial charge in [-0.1, -0.05) is 61.9 Å². The van der Waals surface area contributed by atoms with Crippen molar-refractivity contribution in [3.05, 3.63) is 59.7 Å². The van der Waals surface area contributed by atoms with Gasteiger partial charge in [-0.3, -0.25) is 4.79 Å². The lowest BCUT2D eigenvalue weighted by Gasteiger charge is -2.20. The predicted molar refractivity (Wildman–Crippen MR) is 112 cm³/mol. The SMILES string of the molecule is CCC[C@@H](NC(=O)C(F)(F)CNC(=O)OCC1c2ccccc2-c2ccccc21)C(=O)O. The maximum atomic E-state index is 14.1. The lowest BCUT2D eigenvalue weighted by atomic mass is 9.98. The maximum Gasteiger partial charge on any atom is 0.407 e. The molecule has 9 heteroatoms. The maximum absolute atomic E-state index is 14.1. The zero-order valence-corrected chi connectivity index (χ0v) is 17.4. The van der Waals surface area contributed by atoms with Gasteiger partial charge in [0.1, 0.15) is 12.6 Å². The van der Waals surface area contributed by atoms with Crippen LogP contribution < -0.4 is 10.6 Å². The van der Waals surface area contributed by atoms with Crippen LogP contribution in [0, 0.1) is 0 Å². The van der Waals surface area contributed by atoms with Gasteiger partial charge < -0.3 is 20.5 Å². The van der Waals surface area contributed by atoms with Crippen molar-refractivity contribution in [3.8, 4) is 11.1 Å². The number of alkyl halides is 2. The van der Waals surface area contributed by atoms with Crippen LogP contribution in [0.15, 0.2) is 48.5 Å². The molecule has 170 valence electrons. The van der Waals surface area contributed by atoms with Gasteiger partial charge >= 0.3 is 18.0 Å². The summed E-state index contributed by atoms with van der Waals surface area (Å²) in [6, 6.07) is 13.9. The monoisotopic (exact) mass is 446 g/mol. The molecule has 0 bridgehead atoms. The Morgan fingerprint density at radius 3 is 2.16 bits per heavy atom. The molecule has 2 aromatic rings. The summed E-state index contributed by atoms with van der Waals surface area (Å²) in [5.41, 5.74) is 4.00. The Bertz CT molecular complexity index is 966. The van der Waals surface area contributed by atoms with Gasteiger partial charge in [0.15, 0.2) is 0 Å². The number of carboxylic acids is 1. The zero-order valence-electron chi connectivity index (χ0n) is 17.4. The third-order valence-corrected chi connectivity index (χ3v) is 5.31. The first kappa shape index (κ1) is 23.2. The van der Waals surface area contributed by atoms with Crippen LogP contribution in [0.2, 0.25) is 0 Å². The Kier molecular flexibility index (Phi) is 7.07. The number of ether oxygens (including phenoxy) is 1. The third kappa shape index (κ3) is 5.04. The summed E-state index contributed by atoms with van der Waals surface area (Å²) < 4.78 is 33.4. The summed E-state index contributed by atoms with van der Waals surface area (Å²) in [5, 5.41) is 12.7. The molecule has 2 aromatic carbocycles. The highest BCUT2D eigenvalue weighted by Gasteiger charge is 2.41. The number of carboxylic acid groups (broad SMARTS) is 1. The van der Waals surface area contributed by atoms with Crippen molar-refractivity contribution in [1.29, 1.82) is 0 Å². The van der Waals surface area contributed by atoms with Crippen LogP contribution in [0.5, 0.6) is 0 Å². The number of carbonyl (C=O) groups is 3. The van der Waals surface area contributed by atoms with Crippen molar-refractivity contribution < 1.29 is 33.0 Å². The molecule has 0 saturated carbocycles. The lowest BCUT2D eigenvalue weighted by Crippen LogP contribution is -2.52. The highest BCUT2D eigenvalue weighted by molar-refractivity contribution is 5.88. The average molecular weight is 446 g/mol. The summed E-state index contributed by atoms with van der Waals surface area (Å²) in [6.07, 6.45) is -0.694. The molecule has 32 heavy (non-hydrogen) atoms. The molecule has 3 rings (SSSR count). The van der Waals surface area contributed by atoms with Crippen LogP contribution in [-0.4, -0.2) is 48.2 Å². The van der Waals surface area contributed by atoms with Crippen LogP contribution >= 0.6 is 0 Å². The number of aliphatic carboxylic acids is 1. The van der Waals surface area contributed by atoms with E-state index in [0.29, 0.717) is 6.42 Å². The van der Waals surface area contributed by atoms with Crippen molar-refractivity contribution in [2.75, 3.05) is 13.2 Å². The van der Waals surface area contributed by atoms with Gasteiger partial charge in [-0.25, -0.2) is 9.59 Å². The van der Waals surface area contributed by atoms with Gasteiger partial charge in [0.2, 0.25) is 0 Å². The number of benzene rings is 2. The van der Waals surface area contributed by atoms with Crippen molar-refractivity contribution in [2.24, 2.45) is 0 Å². The van der Waals surface area contributed by atoms with E-state index in [-0.39, 0.29) is 18.9 Å². The molecule has 3 N–H and O–H groups in total. The van der Waals surface area contributed by atoms with Crippen LogP contribution in [0.3, 0.4) is 0 Å². The first-order valence-corrected chi connectivity index (χ1v) is 10.2. The summed E-state index contributed by atoms with van der Waals surface area (Å²) in [5.74, 6) is -7.40. The molecule has 0 radical (unpaired) electrons. The molecule has 1 atom stereocenters. The van der Waals surface area contributed by atoms with E-state index in [4.69, 9.17) is 9.84 Å². The van der Waals surface area contributed by atoms with E-state index in [0.717, 1.165) is 22.3 Å². The van der Waals surface area contributed by atoms with E-state index in [9.17, 15) is 23.2 Å². The molecule has 0 heterocycles. The molecule has 0 unspecified atom stereocenters. The number of hydrogen-bond acceptors (Lipinski definition) is 4. The van der Waals surface area contributed by atoms with Gasteiger partial charge in [-0.15, -0.1) is 0 Å². The highest BCUT2D eigenvalue weighted by atomic mass is 19.3. The average Bonchev–Trinajstić information content (AvgIpc) is 3.09. The van der Waals surface area contributed by atoms with Crippen molar-refractivity contribution in [3.63, 3.8) is 0 Å². The normalized spacial score (nSPS) is 13.6. The summed E-state index contributed by atoms with van der Waals surface area (Å²) >= 11 is 0. The number of fused-ring (bicyclic) bond motifs is 3. The third-order valence-electron chi connectivity index (χ3n) is 5.31. The van der Waals surface area contributed by atoms with Gasteiger partial charge in [0, 0.05) is 5.92 Å². The van der Waals surface area contributed by atoms with Crippen molar-refractivity contribution in [1.82, 2.24) is 10.6 Å². The topological polar surface area (TPSA) is 105 Å². The Labute approximate surface area is 183 Å². The number of nitrogens with one attached hydrogen (secondary N) is 2. The standard InChI is InChI=1S/C23H24F2N2O5/c1-2-7-19(20(28)29)27-21(30)23(24,25)13-26-22(31)32-12-18-16-10-5-3-8-14(16)15-9-4-6-11-17(15)18/h3-6,8-11,18-19H,2,7,12-13H2,1H3,(H,26,31)(H,27,30)(H,28,29)/t19-/m1/s1. The number of hydrogen-bond donors (Lipinski definition) is 3. The fourth-order valence-corrected chi connectivity index (χ4v) is 3.72. The highest BCUT2D eigenvalue weighted by Crippen LogP contribution is 2.44. The first-order valence-electron chi connectivity index (χ1n) is 10.2. The fourth-order valence-electron chi connectivity index (χ4n) is 3.72. The molecule has 1 aliphatic rings. The minimum absolute atomic E-state index is 0.0109. The van der Waals surface area contributed by atoms with Gasteiger partial charge in [-0.05, 0) is 28.7 Å². The lowest BCUT2D eigenvalue weighted by molar-refractivity contribution is -0.150. The summed E-state index contributed by atoms with van der Waals surface area (Å²) in [6.45, 7) is 0.294. The number of rotatable bonds is 9. The minimum atomic E-state index is -3.99. The smallest absolute Gasteiger partial charge is 0.407 e. The first-order chi connectivity index (χ1) is 15.2. The van der Waals surface area contributed by atoms with Crippen LogP contribution in [-0.2, 0) is 14.3 Å². The summed E-state index contributed by atoms with van der Waals surface area (Å²) in [4.78, 5) is 34.9. The van der Waals surface area contributed by atoms with Crippen LogP contribution in [0.1, 0.15) is 36.8 Å². The van der Waals surface area contributed by atoms with E-state index in [1.165, 1.54) is 0 Å². The summed E-state index contributed by atoms with van der Waals surface area (Å²) in [7, 11) is 0. The molecule has 0 aliphatic heterocycles. The molecule has 0 spiro atoms. The van der Waals surface area contributed by atoms with Crippen LogP contribution in [0.25, 0.3) is 11.1 Å². The molecular weight excluding hydrogens is 422 g/mol. The Hall–Kier alpha value is -3.49. The van der Waals surface area contributed by atoms with E-state index in [1.807, 2.05) is 53.8 Å². The minimum Gasteiger partial charge on any atom is -0.480 e. The molecule has 1 aliphatic carbocycles.